The smallest absolute Gasteiger partial charge is 0.0541 e. The second-order valence-electron chi connectivity index (χ2n) is 14.6. The molecule has 0 N–H and O–H groups in total. The molecule has 0 saturated carbocycles. The van der Waals surface area contributed by atoms with Gasteiger partial charge in [0, 0.05) is 50.0 Å². The van der Waals surface area contributed by atoms with Crippen LogP contribution in [0.25, 0.3) is 77.2 Å². The first-order valence-electron chi connectivity index (χ1n) is 19.5. The molecule has 0 fully saturated rings. The van der Waals surface area contributed by atoms with Gasteiger partial charge in [-0.3, -0.25) is 0 Å². The summed E-state index contributed by atoms with van der Waals surface area (Å²) in [5.74, 6) is 0. The highest BCUT2D eigenvalue weighted by molar-refractivity contribution is 6.12. The average molecular weight is 728 g/mol. The van der Waals surface area contributed by atoms with Gasteiger partial charge in [0.15, 0.2) is 0 Å². The number of hydrogen-bond acceptors (Lipinski definition) is 1. The highest BCUT2D eigenvalue weighted by Gasteiger charge is 2.17. The van der Waals surface area contributed by atoms with Gasteiger partial charge in [0.05, 0.1) is 22.1 Å². The minimum Gasteiger partial charge on any atom is -0.310 e. The molecule has 0 bridgehead atoms. The van der Waals surface area contributed by atoms with Crippen LogP contribution in [-0.4, -0.2) is 9.13 Å². The fourth-order valence-electron chi connectivity index (χ4n) is 8.67. The van der Waals surface area contributed by atoms with E-state index in [-0.39, 0.29) is 0 Å². The molecule has 0 spiro atoms. The van der Waals surface area contributed by atoms with Crippen molar-refractivity contribution in [2.45, 2.75) is 0 Å². The normalized spacial score (nSPS) is 11.5. The highest BCUT2D eigenvalue weighted by Crippen LogP contribution is 2.40. The Kier molecular flexibility index (Phi) is 7.82. The van der Waals surface area contributed by atoms with Crippen molar-refractivity contribution in [3.63, 3.8) is 0 Å². The van der Waals surface area contributed by atoms with Gasteiger partial charge in [-0.05, 0) is 119 Å². The Morgan fingerprint density at radius 3 is 1.19 bits per heavy atom. The van der Waals surface area contributed by atoms with E-state index in [1.807, 2.05) is 0 Å². The molecule has 0 aliphatic carbocycles. The van der Waals surface area contributed by atoms with Crippen LogP contribution in [0.2, 0.25) is 0 Å². The molecule has 0 amide bonds. The summed E-state index contributed by atoms with van der Waals surface area (Å²) in [6.45, 7) is 0. The van der Waals surface area contributed by atoms with Gasteiger partial charge in [-0.2, -0.15) is 0 Å². The molecule has 57 heavy (non-hydrogen) atoms. The maximum absolute atomic E-state index is 2.40. The maximum Gasteiger partial charge on any atom is 0.0541 e. The second-order valence-corrected chi connectivity index (χ2v) is 14.6. The van der Waals surface area contributed by atoms with Gasteiger partial charge >= 0.3 is 0 Å². The summed E-state index contributed by atoms with van der Waals surface area (Å²) in [5.41, 5.74) is 15.3. The molecule has 3 nitrogen and oxygen atoms in total. The third-order valence-corrected chi connectivity index (χ3v) is 11.3. The van der Waals surface area contributed by atoms with E-state index in [9.17, 15) is 0 Å². The first kappa shape index (κ1) is 32.8. The Bertz CT molecular complexity index is 3170. The SMILES string of the molecule is c1ccc(N(c2ccccc2)c2cccc(-c3ccc(-n4c5ccccc5c5cc(-c6ccc7c(c6)c6ccccc6n7-c6ccccc6)ccc54)cc3)c2)cc1. The lowest BCUT2D eigenvalue weighted by Gasteiger charge is -2.26. The number of anilines is 3. The molecule has 2 heterocycles. The van der Waals surface area contributed by atoms with Crippen LogP contribution in [0, 0.1) is 0 Å². The van der Waals surface area contributed by atoms with Crippen LogP contribution >= 0.6 is 0 Å². The first-order valence-corrected chi connectivity index (χ1v) is 19.5. The number of hydrogen-bond donors (Lipinski definition) is 0. The summed E-state index contributed by atoms with van der Waals surface area (Å²) in [5, 5.41) is 5.01. The zero-order chi connectivity index (χ0) is 37.7. The number of para-hydroxylation sites is 5. The van der Waals surface area contributed by atoms with Crippen molar-refractivity contribution >= 4 is 60.7 Å². The van der Waals surface area contributed by atoms with E-state index in [1.165, 1.54) is 71.6 Å². The summed E-state index contributed by atoms with van der Waals surface area (Å²) in [4.78, 5) is 2.31. The van der Waals surface area contributed by atoms with Gasteiger partial charge < -0.3 is 14.0 Å². The van der Waals surface area contributed by atoms with Crippen LogP contribution < -0.4 is 4.90 Å². The fraction of sp³-hybridized carbons (Fsp3) is 0. The molecule has 0 unspecified atom stereocenters. The molecule has 0 saturated heterocycles. The highest BCUT2D eigenvalue weighted by atomic mass is 15.1. The van der Waals surface area contributed by atoms with E-state index in [4.69, 9.17) is 0 Å². The monoisotopic (exact) mass is 727 g/mol. The lowest BCUT2D eigenvalue weighted by Crippen LogP contribution is -2.09. The van der Waals surface area contributed by atoms with Crippen LogP contribution in [0.1, 0.15) is 0 Å². The van der Waals surface area contributed by atoms with E-state index in [0.717, 1.165) is 22.7 Å². The van der Waals surface area contributed by atoms with E-state index in [2.05, 4.69) is 238 Å². The summed E-state index contributed by atoms with van der Waals surface area (Å²) >= 11 is 0. The standard InChI is InChI=1S/C54H37N3/c1-4-16-42(17-5-1)55(43-18-6-2-7-19-43)46-22-14-15-39(35-46)38-27-31-45(32-28-38)57-52-26-13-11-24-48(52)50-37-41(30-34-54(50)57)40-29-33-53-49(36-40)47-23-10-12-25-51(47)56(53)44-20-8-3-9-21-44/h1-37H. The van der Waals surface area contributed by atoms with Crippen molar-refractivity contribution in [1.82, 2.24) is 9.13 Å². The third-order valence-electron chi connectivity index (χ3n) is 11.3. The molecule has 3 heteroatoms. The largest absolute Gasteiger partial charge is 0.310 e. The Morgan fingerprint density at radius 1 is 0.246 bits per heavy atom. The number of fused-ring (bicyclic) bond motifs is 6. The molecule has 2 aromatic heterocycles. The summed E-state index contributed by atoms with van der Waals surface area (Å²) in [7, 11) is 0. The van der Waals surface area contributed by atoms with Crippen molar-refractivity contribution in [3.8, 4) is 33.6 Å². The first-order chi connectivity index (χ1) is 28.3. The number of nitrogens with zero attached hydrogens (tertiary/aromatic N) is 3. The molecule has 11 aromatic rings. The molecule has 0 aliphatic rings. The summed E-state index contributed by atoms with van der Waals surface area (Å²) in [6, 6.07) is 81.0. The third kappa shape index (κ3) is 5.60. The van der Waals surface area contributed by atoms with E-state index in [0.29, 0.717) is 0 Å². The molecular formula is C54H37N3. The minimum absolute atomic E-state index is 1.12. The summed E-state index contributed by atoms with van der Waals surface area (Å²) in [6.07, 6.45) is 0. The molecule has 9 aromatic carbocycles. The van der Waals surface area contributed by atoms with Crippen molar-refractivity contribution in [2.75, 3.05) is 4.90 Å². The predicted octanol–water partition coefficient (Wildman–Crippen LogP) is 14.7. The van der Waals surface area contributed by atoms with Crippen LogP contribution in [0.4, 0.5) is 17.1 Å². The lowest BCUT2D eigenvalue weighted by molar-refractivity contribution is 1.18. The van der Waals surface area contributed by atoms with Gasteiger partial charge in [-0.25, -0.2) is 0 Å². The zero-order valence-corrected chi connectivity index (χ0v) is 31.2. The fourth-order valence-corrected chi connectivity index (χ4v) is 8.67. The average Bonchev–Trinajstić information content (AvgIpc) is 3.80. The summed E-state index contributed by atoms with van der Waals surface area (Å²) < 4.78 is 4.77. The Morgan fingerprint density at radius 2 is 0.649 bits per heavy atom. The predicted molar refractivity (Wildman–Crippen MR) is 241 cm³/mol. The van der Waals surface area contributed by atoms with Gasteiger partial charge in [0.25, 0.3) is 0 Å². The topological polar surface area (TPSA) is 13.1 Å². The van der Waals surface area contributed by atoms with E-state index < -0.39 is 0 Å². The van der Waals surface area contributed by atoms with Gasteiger partial charge in [-0.15, -0.1) is 0 Å². The Balaban J connectivity index is 0.976. The molecule has 268 valence electrons. The molecule has 0 aliphatic heterocycles. The van der Waals surface area contributed by atoms with Crippen LogP contribution in [0.15, 0.2) is 224 Å². The molecule has 0 radical (unpaired) electrons. The van der Waals surface area contributed by atoms with Crippen LogP contribution in [0.3, 0.4) is 0 Å². The van der Waals surface area contributed by atoms with Crippen molar-refractivity contribution in [2.24, 2.45) is 0 Å². The number of aromatic nitrogens is 2. The van der Waals surface area contributed by atoms with Crippen molar-refractivity contribution in [3.05, 3.63) is 224 Å². The van der Waals surface area contributed by atoms with Crippen LogP contribution in [-0.2, 0) is 0 Å². The second kappa shape index (κ2) is 13.6. The quantitative estimate of drug-likeness (QED) is 0.159. The van der Waals surface area contributed by atoms with Gasteiger partial charge in [0.1, 0.15) is 0 Å². The number of rotatable bonds is 7. The zero-order valence-electron chi connectivity index (χ0n) is 31.2. The lowest BCUT2D eigenvalue weighted by atomic mass is 10.0. The molecule has 0 atom stereocenters. The Hall–Kier alpha value is -7.62. The van der Waals surface area contributed by atoms with Crippen molar-refractivity contribution < 1.29 is 0 Å². The molecular weight excluding hydrogens is 691 g/mol. The maximum atomic E-state index is 2.40. The Labute approximate surface area is 331 Å². The van der Waals surface area contributed by atoms with E-state index >= 15 is 0 Å². The minimum atomic E-state index is 1.12. The van der Waals surface area contributed by atoms with Crippen molar-refractivity contribution in [1.29, 1.82) is 0 Å². The molecule has 11 rings (SSSR count). The van der Waals surface area contributed by atoms with E-state index in [1.54, 1.807) is 0 Å². The number of benzene rings is 9. The van der Waals surface area contributed by atoms with Gasteiger partial charge in [-0.1, -0.05) is 127 Å². The van der Waals surface area contributed by atoms with Gasteiger partial charge in [0.2, 0.25) is 0 Å². The van der Waals surface area contributed by atoms with Crippen LogP contribution in [0.5, 0.6) is 0 Å².